The molecule has 1 aromatic carbocycles. The molecule has 0 radical (unpaired) electrons. The van der Waals surface area contributed by atoms with Crippen LogP contribution in [0, 0.1) is 0 Å². The van der Waals surface area contributed by atoms with E-state index >= 15 is 0 Å². The molecule has 2 aromatic heterocycles. The lowest BCUT2D eigenvalue weighted by atomic mass is 10.2. The number of amides is 1. The van der Waals surface area contributed by atoms with Gasteiger partial charge >= 0.3 is 0 Å². The number of furan rings is 1. The summed E-state index contributed by atoms with van der Waals surface area (Å²) < 4.78 is 12.5. The van der Waals surface area contributed by atoms with Gasteiger partial charge in [0.15, 0.2) is 11.6 Å². The third-order valence-corrected chi connectivity index (χ3v) is 5.45. The number of aromatic nitrogens is 3. The molecule has 31 heavy (non-hydrogen) atoms. The Bertz CT molecular complexity index is 1060. The summed E-state index contributed by atoms with van der Waals surface area (Å²) in [6.45, 7) is 3.39. The van der Waals surface area contributed by atoms with Crippen molar-refractivity contribution >= 4 is 17.5 Å². The van der Waals surface area contributed by atoms with Crippen LogP contribution in [0.4, 0.5) is 0 Å². The van der Waals surface area contributed by atoms with E-state index in [-0.39, 0.29) is 24.0 Å². The van der Waals surface area contributed by atoms with Gasteiger partial charge in [-0.3, -0.25) is 9.69 Å². The Hall–Kier alpha value is -2.88. The monoisotopic (exact) mass is 445 g/mol. The number of carbonyl (C=O) groups is 1. The highest BCUT2D eigenvalue weighted by atomic mass is 35.5. The van der Waals surface area contributed by atoms with Crippen molar-refractivity contribution in [1.29, 1.82) is 0 Å². The van der Waals surface area contributed by atoms with Crippen LogP contribution in [0.5, 0.6) is 5.75 Å². The van der Waals surface area contributed by atoms with E-state index in [0.717, 1.165) is 30.9 Å². The third kappa shape index (κ3) is 5.07. The van der Waals surface area contributed by atoms with Crippen LogP contribution in [0.3, 0.4) is 0 Å². The van der Waals surface area contributed by atoms with Crippen molar-refractivity contribution in [2.75, 3.05) is 20.2 Å². The van der Waals surface area contributed by atoms with Crippen LogP contribution < -0.4 is 5.32 Å². The zero-order valence-corrected chi connectivity index (χ0v) is 17.9. The minimum atomic E-state index is -0.314. The van der Waals surface area contributed by atoms with E-state index in [1.807, 2.05) is 4.57 Å². The maximum Gasteiger partial charge on any atom is 0.287 e. The van der Waals surface area contributed by atoms with Crippen molar-refractivity contribution in [1.82, 2.24) is 25.0 Å². The van der Waals surface area contributed by atoms with Crippen LogP contribution in [0.2, 0.25) is 5.02 Å². The van der Waals surface area contributed by atoms with Gasteiger partial charge in [0, 0.05) is 50.3 Å². The Labute approximate surface area is 184 Å². The molecule has 4 rings (SSSR count). The molecule has 0 saturated carbocycles. The third-order valence-electron chi connectivity index (χ3n) is 5.21. The summed E-state index contributed by atoms with van der Waals surface area (Å²) in [5.74, 6) is 2.32. The number of aromatic hydroxyl groups is 1. The molecule has 0 spiro atoms. The molecule has 3 aromatic rings. The number of nitrogens with zero attached hydrogens (tertiary/aromatic N) is 4. The van der Waals surface area contributed by atoms with Gasteiger partial charge in [-0.1, -0.05) is 11.6 Å². The minimum absolute atomic E-state index is 0.232. The molecular formula is C21H24ClN5O4. The first kappa shape index (κ1) is 21.4. The number of rotatable bonds is 7. The fourth-order valence-corrected chi connectivity index (χ4v) is 3.80. The highest BCUT2D eigenvalue weighted by Crippen LogP contribution is 2.23. The van der Waals surface area contributed by atoms with Crippen molar-refractivity contribution in [3.05, 3.63) is 64.1 Å². The second-order valence-electron chi connectivity index (χ2n) is 7.36. The largest absolute Gasteiger partial charge is 0.508 e. The normalized spacial score (nSPS) is 14.3. The summed E-state index contributed by atoms with van der Waals surface area (Å²) in [7, 11) is 1.57. The number of phenols is 1. The number of phenolic OH excluding ortho intramolecular Hbond substituents is 1. The molecule has 1 aliphatic rings. The van der Waals surface area contributed by atoms with Gasteiger partial charge < -0.3 is 24.1 Å². The maximum absolute atomic E-state index is 12.4. The summed E-state index contributed by atoms with van der Waals surface area (Å²) in [6.07, 6.45) is 0.723. The second-order valence-corrected chi connectivity index (χ2v) is 7.80. The van der Waals surface area contributed by atoms with E-state index in [1.165, 1.54) is 0 Å². The molecule has 2 N–H and O–H groups in total. The highest BCUT2D eigenvalue weighted by Gasteiger charge is 2.20. The molecule has 0 atom stereocenters. The van der Waals surface area contributed by atoms with Gasteiger partial charge in [0.25, 0.3) is 5.91 Å². The Morgan fingerprint density at radius 2 is 2.13 bits per heavy atom. The summed E-state index contributed by atoms with van der Waals surface area (Å²) in [5.41, 5.74) is 0.795. The van der Waals surface area contributed by atoms with Gasteiger partial charge in [0.1, 0.15) is 23.9 Å². The Morgan fingerprint density at radius 1 is 1.26 bits per heavy atom. The first-order valence-electron chi connectivity index (χ1n) is 10.00. The average molecular weight is 446 g/mol. The second kappa shape index (κ2) is 9.51. The van der Waals surface area contributed by atoms with Crippen molar-refractivity contribution < 1.29 is 19.1 Å². The standard InChI is InChI=1S/C21H24ClN5O4/c1-30-13-16-3-5-18(31-16)21(29)23-11-20-25-24-19-6-7-26(8-9-27(19)20)12-14-10-15(22)2-4-17(14)28/h2-5,10,28H,6-9,11-13H2,1H3,(H,23,29). The molecule has 10 heteroatoms. The number of carbonyl (C=O) groups excluding carboxylic acids is 1. The fourth-order valence-electron chi connectivity index (χ4n) is 3.60. The van der Waals surface area contributed by atoms with Gasteiger partial charge in [-0.25, -0.2) is 0 Å². The van der Waals surface area contributed by atoms with E-state index in [0.29, 0.717) is 36.3 Å². The Morgan fingerprint density at radius 3 is 2.97 bits per heavy atom. The smallest absolute Gasteiger partial charge is 0.287 e. The molecule has 1 aliphatic heterocycles. The zero-order chi connectivity index (χ0) is 21.8. The summed E-state index contributed by atoms with van der Waals surface area (Å²) in [6, 6.07) is 8.41. The number of halogens is 1. The van der Waals surface area contributed by atoms with Crippen molar-refractivity contribution in [2.45, 2.75) is 32.7 Å². The average Bonchev–Trinajstić information content (AvgIpc) is 3.33. The van der Waals surface area contributed by atoms with Gasteiger partial charge in [0.2, 0.25) is 0 Å². The van der Waals surface area contributed by atoms with E-state index in [9.17, 15) is 9.90 Å². The lowest BCUT2D eigenvalue weighted by molar-refractivity contribution is 0.0913. The van der Waals surface area contributed by atoms with Crippen molar-refractivity contribution in [3.8, 4) is 5.75 Å². The minimum Gasteiger partial charge on any atom is -0.508 e. The van der Waals surface area contributed by atoms with Crippen LogP contribution in [-0.2, 0) is 37.4 Å². The SMILES string of the molecule is COCc1ccc(C(=O)NCc2nnc3n2CCN(Cc2cc(Cl)ccc2O)CC3)o1. The molecule has 0 aliphatic carbocycles. The molecule has 0 fully saturated rings. The first-order valence-corrected chi connectivity index (χ1v) is 10.4. The van der Waals surface area contributed by atoms with Crippen molar-refractivity contribution in [3.63, 3.8) is 0 Å². The topological polar surface area (TPSA) is 106 Å². The molecule has 164 valence electrons. The lowest BCUT2D eigenvalue weighted by Gasteiger charge is -2.20. The van der Waals surface area contributed by atoms with E-state index in [4.69, 9.17) is 20.8 Å². The summed E-state index contributed by atoms with van der Waals surface area (Å²) in [4.78, 5) is 14.6. The predicted molar refractivity (Wildman–Crippen MR) is 113 cm³/mol. The van der Waals surface area contributed by atoms with Gasteiger partial charge in [0.05, 0.1) is 6.54 Å². The maximum atomic E-state index is 12.4. The van der Waals surface area contributed by atoms with Crippen LogP contribution in [0.25, 0.3) is 0 Å². The van der Waals surface area contributed by atoms with Gasteiger partial charge in [-0.15, -0.1) is 10.2 Å². The predicted octanol–water partition coefficient (Wildman–Crippen LogP) is 2.36. The van der Waals surface area contributed by atoms with Crippen LogP contribution >= 0.6 is 11.6 Å². The van der Waals surface area contributed by atoms with Crippen molar-refractivity contribution in [2.24, 2.45) is 0 Å². The van der Waals surface area contributed by atoms with Crippen LogP contribution in [0.1, 0.15) is 33.5 Å². The molecule has 3 heterocycles. The van der Waals surface area contributed by atoms with Crippen LogP contribution in [-0.4, -0.2) is 50.9 Å². The number of benzene rings is 1. The quantitative estimate of drug-likeness (QED) is 0.575. The Kier molecular flexibility index (Phi) is 6.55. The summed E-state index contributed by atoms with van der Waals surface area (Å²) in [5, 5.41) is 22.1. The number of methoxy groups -OCH3 is 1. The number of hydrogen-bond acceptors (Lipinski definition) is 7. The van der Waals surface area contributed by atoms with Gasteiger partial charge in [-0.2, -0.15) is 0 Å². The number of ether oxygens (including phenoxy) is 1. The van der Waals surface area contributed by atoms with E-state index in [2.05, 4.69) is 20.4 Å². The van der Waals surface area contributed by atoms with Crippen LogP contribution in [0.15, 0.2) is 34.7 Å². The van der Waals surface area contributed by atoms with E-state index in [1.54, 1.807) is 37.4 Å². The molecule has 0 unspecified atom stereocenters. The molecule has 0 bridgehead atoms. The van der Waals surface area contributed by atoms with E-state index < -0.39 is 0 Å². The Balaban J connectivity index is 1.36. The summed E-state index contributed by atoms with van der Waals surface area (Å²) >= 11 is 6.07. The van der Waals surface area contributed by atoms with Gasteiger partial charge in [-0.05, 0) is 30.3 Å². The lowest BCUT2D eigenvalue weighted by Crippen LogP contribution is -2.28. The number of fused-ring (bicyclic) bond motifs is 1. The molecule has 0 saturated heterocycles. The first-order chi connectivity index (χ1) is 15.0. The highest BCUT2D eigenvalue weighted by molar-refractivity contribution is 6.30. The molecular weight excluding hydrogens is 422 g/mol. The molecule has 1 amide bonds. The number of hydrogen-bond donors (Lipinski definition) is 2. The molecule has 9 nitrogen and oxygen atoms in total. The zero-order valence-electron chi connectivity index (χ0n) is 17.2. The number of nitrogens with one attached hydrogen (secondary N) is 1. The fraction of sp³-hybridized carbons (Fsp3) is 0.381.